The van der Waals surface area contributed by atoms with Crippen molar-refractivity contribution in [2.24, 2.45) is 7.05 Å². The van der Waals surface area contributed by atoms with Crippen molar-refractivity contribution in [2.45, 2.75) is 12.6 Å². The van der Waals surface area contributed by atoms with E-state index >= 15 is 0 Å². The molecule has 2 N–H and O–H groups in total. The fraction of sp³-hybridized carbons (Fsp3) is 0.353. The molecule has 1 saturated heterocycles. The summed E-state index contributed by atoms with van der Waals surface area (Å²) in [5.41, 5.74) is 3.07. The SMILES string of the molecule is Cn1ccnc1C1CNCCN1Cc1cc(-c2cccnc2)n[nH]1. The summed E-state index contributed by atoms with van der Waals surface area (Å²) in [5.74, 6) is 1.09. The maximum Gasteiger partial charge on any atom is 0.127 e. The number of hydrogen-bond donors (Lipinski definition) is 2. The van der Waals surface area contributed by atoms with E-state index in [-0.39, 0.29) is 6.04 Å². The van der Waals surface area contributed by atoms with Gasteiger partial charge in [-0.3, -0.25) is 15.0 Å². The van der Waals surface area contributed by atoms with Crippen molar-refractivity contribution in [2.75, 3.05) is 19.6 Å². The molecule has 24 heavy (non-hydrogen) atoms. The lowest BCUT2D eigenvalue weighted by Crippen LogP contribution is -2.46. The maximum absolute atomic E-state index is 4.53. The first kappa shape index (κ1) is 15.0. The van der Waals surface area contributed by atoms with Crippen molar-refractivity contribution in [3.63, 3.8) is 0 Å². The fourth-order valence-corrected chi connectivity index (χ4v) is 3.21. The van der Waals surface area contributed by atoms with Crippen molar-refractivity contribution < 1.29 is 0 Å². The second-order valence-corrected chi connectivity index (χ2v) is 6.11. The molecule has 0 saturated carbocycles. The summed E-state index contributed by atoms with van der Waals surface area (Å²) in [6.45, 7) is 3.71. The van der Waals surface area contributed by atoms with E-state index in [1.807, 2.05) is 37.8 Å². The molecule has 124 valence electrons. The molecule has 1 atom stereocenters. The highest BCUT2D eigenvalue weighted by Gasteiger charge is 2.27. The number of piperazine rings is 1. The van der Waals surface area contributed by atoms with Crippen LogP contribution >= 0.6 is 0 Å². The Morgan fingerprint density at radius 2 is 2.29 bits per heavy atom. The van der Waals surface area contributed by atoms with Crippen LogP contribution in [0.15, 0.2) is 43.0 Å². The number of hydrogen-bond acceptors (Lipinski definition) is 5. The Labute approximate surface area is 140 Å². The minimum Gasteiger partial charge on any atom is -0.337 e. The molecular weight excluding hydrogens is 302 g/mol. The maximum atomic E-state index is 4.53. The third-order valence-electron chi connectivity index (χ3n) is 4.47. The molecule has 7 heteroatoms. The Balaban J connectivity index is 1.53. The van der Waals surface area contributed by atoms with Crippen LogP contribution in [0.1, 0.15) is 17.6 Å². The Morgan fingerprint density at radius 1 is 1.33 bits per heavy atom. The minimum atomic E-state index is 0.267. The summed E-state index contributed by atoms with van der Waals surface area (Å²) in [7, 11) is 2.05. The van der Waals surface area contributed by atoms with E-state index in [4.69, 9.17) is 0 Å². The second kappa shape index (κ2) is 6.54. The van der Waals surface area contributed by atoms with Crippen molar-refractivity contribution in [1.82, 2.24) is 34.9 Å². The number of nitrogens with zero attached hydrogens (tertiary/aromatic N) is 5. The summed E-state index contributed by atoms with van der Waals surface area (Å²) < 4.78 is 2.10. The molecule has 1 unspecified atom stereocenters. The lowest BCUT2D eigenvalue weighted by Gasteiger charge is -2.35. The van der Waals surface area contributed by atoms with Gasteiger partial charge in [0.1, 0.15) is 5.82 Å². The van der Waals surface area contributed by atoms with Gasteiger partial charge >= 0.3 is 0 Å². The molecule has 0 amide bonds. The van der Waals surface area contributed by atoms with Crippen LogP contribution < -0.4 is 5.32 Å². The third-order valence-corrected chi connectivity index (χ3v) is 4.47. The van der Waals surface area contributed by atoms with E-state index in [0.29, 0.717) is 0 Å². The quantitative estimate of drug-likeness (QED) is 0.758. The van der Waals surface area contributed by atoms with Crippen molar-refractivity contribution in [3.05, 3.63) is 54.5 Å². The largest absolute Gasteiger partial charge is 0.337 e. The van der Waals surface area contributed by atoms with E-state index in [2.05, 4.69) is 41.0 Å². The third kappa shape index (κ3) is 2.95. The van der Waals surface area contributed by atoms with Crippen molar-refractivity contribution >= 4 is 0 Å². The predicted octanol–water partition coefficient (Wildman–Crippen LogP) is 1.35. The van der Waals surface area contributed by atoms with Gasteiger partial charge < -0.3 is 9.88 Å². The molecule has 0 bridgehead atoms. The van der Waals surface area contributed by atoms with E-state index in [1.54, 1.807) is 6.20 Å². The van der Waals surface area contributed by atoms with Gasteiger partial charge in [0.25, 0.3) is 0 Å². The number of aryl methyl sites for hydroxylation is 1. The van der Waals surface area contributed by atoms with Crippen LogP contribution in [0, 0.1) is 0 Å². The van der Waals surface area contributed by atoms with Crippen LogP contribution in [0.3, 0.4) is 0 Å². The van der Waals surface area contributed by atoms with Crippen LogP contribution in [0.5, 0.6) is 0 Å². The Bertz CT molecular complexity index is 792. The van der Waals surface area contributed by atoms with E-state index in [9.17, 15) is 0 Å². The molecule has 1 fully saturated rings. The summed E-state index contributed by atoms with van der Waals surface area (Å²) in [5, 5.41) is 11.1. The molecular formula is C17H21N7. The zero-order valence-electron chi connectivity index (χ0n) is 13.7. The van der Waals surface area contributed by atoms with Crippen LogP contribution in [-0.2, 0) is 13.6 Å². The molecule has 1 aliphatic heterocycles. The van der Waals surface area contributed by atoms with Gasteiger partial charge in [0.15, 0.2) is 0 Å². The summed E-state index contributed by atoms with van der Waals surface area (Å²) in [6, 6.07) is 6.32. The van der Waals surface area contributed by atoms with Crippen molar-refractivity contribution in [1.29, 1.82) is 0 Å². The van der Waals surface area contributed by atoms with Crippen LogP contribution in [-0.4, -0.2) is 49.3 Å². The van der Waals surface area contributed by atoms with Gasteiger partial charge in [-0.25, -0.2) is 4.98 Å². The molecule has 7 nitrogen and oxygen atoms in total. The second-order valence-electron chi connectivity index (χ2n) is 6.11. The van der Waals surface area contributed by atoms with Gasteiger partial charge in [0, 0.05) is 69.3 Å². The Hall–Kier alpha value is -2.51. The number of imidazole rings is 1. The first-order valence-corrected chi connectivity index (χ1v) is 8.18. The van der Waals surface area contributed by atoms with Gasteiger partial charge in [-0.2, -0.15) is 5.10 Å². The van der Waals surface area contributed by atoms with E-state index in [1.165, 1.54) is 0 Å². The van der Waals surface area contributed by atoms with Gasteiger partial charge in [-0.05, 0) is 18.2 Å². The topological polar surface area (TPSA) is 74.7 Å². The summed E-state index contributed by atoms with van der Waals surface area (Å²) >= 11 is 0. The number of nitrogens with one attached hydrogen (secondary N) is 2. The normalized spacial score (nSPS) is 18.8. The fourth-order valence-electron chi connectivity index (χ4n) is 3.21. The first-order valence-electron chi connectivity index (χ1n) is 8.18. The first-order chi connectivity index (χ1) is 11.8. The van der Waals surface area contributed by atoms with Crippen LogP contribution in [0.4, 0.5) is 0 Å². The van der Waals surface area contributed by atoms with Crippen LogP contribution in [0.25, 0.3) is 11.3 Å². The Kier molecular flexibility index (Phi) is 4.10. The molecule has 0 spiro atoms. The highest BCUT2D eigenvalue weighted by molar-refractivity contribution is 5.57. The highest BCUT2D eigenvalue weighted by atomic mass is 15.3. The molecule has 4 rings (SSSR count). The van der Waals surface area contributed by atoms with Crippen molar-refractivity contribution in [3.8, 4) is 11.3 Å². The average molecular weight is 323 g/mol. The van der Waals surface area contributed by atoms with Crippen LogP contribution in [0.2, 0.25) is 0 Å². The monoisotopic (exact) mass is 323 g/mol. The number of rotatable bonds is 4. The highest BCUT2D eigenvalue weighted by Crippen LogP contribution is 2.23. The molecule has 1 aliphatic rings. The lowest BCUT2D eigenvalue weighted by molar-refractivity contribution is 0.143. The number of aromatic amines is 1. The average Bonchev–Trinajstić information content (AvgIpc) is 3.25. The minimum absolute atomic E-state index is 0.267. The zero-order valence-corrected chi connectivity index (χ0v) is 13.7. The smallest absolute Gasteiger partial charge is 0.127 e. The molecule has 0 radical (unpaired) electrons. The predicted molar refractivity (Wildman–Crippen MR) is 91.0 cm³/mol. The summed E-state index contributed by atoms with van der Waals surface area (Å²) in [6.07, 6.45) is 7.47. The number of H-pyrrole nitrogens is 1. The van der Waals surface area contributed by atoms with E-state index < -0.39 is 0 Å². The standard InChI is InChI=1S/C17H21N7/c1-23-7-6-20-17(23)16-11-19-5-8-24(16)12-14-9-15(22-21-14)13-3-2-4-18-10-13/h2-4,6-7,9-10,16,19H,5,8,11-12H2,1H3,(H,21,22). The molecule has 3 aromatic rings. The number of pyridine rings is 1. The van der Waals surface area contributed by atoms with Gasteiger partial charge in [0.05, 0.1) is 11.7 Å². The number of aromatic nitrogens is 5. The molecule has 4 heterocycles. The molecule has 3 aromatic heterocycles. The summed E-state index contributed by atoms with van der Waals surface area (Å²) in [4.78, 5) is 11.1. The molecule has 0 aromatic carbocycles. The van der Waals surface area contributed by atoms with Gasteiger partial charge in [0.2, 0.25) is 0 Å². The van der Waals surface area contributed by atoms with Gasteiger partial charge in [-0.1, -0.05) is 0 Å². The Morgan fingerprint density at radius 3 is 3.08 bits per heavy atom. The van der Waals surface area contributed by atoms with E-state index in [0.717, 1.165) is 49.0 Å². The van der Waals surface area contributed by atoms with Gasteiger partial charge in [-0.15, -0.1) is 0 Å². The molecule has 0 aliphatic carbocycles. The lowest BCUT2D eigenvalue weighted by atomic mass is 10.1. The zero-order chi connectivity index (χ0) is 16.4.